The molecule has 1 atom stereocenters. The summed E-state index contributed by atoms with van der Waals surface area (Å²) in [5.74, 6) is 0. The third-order valence-electron chi connectivity index (χ3n) is 1.54. The zero-order valence-electron chi connectivity index (χ0n) is 6.68. The van der Waals surface area contributed by atoms with Crippen molar-refractivity contribution >= 4 is 5.69 Å². The van der Waals surface area contributed by atoms with E-state index in [1.165, 1.54) is 0 Å². The molecule has 4 nitrogen and oxygen atoms in total. The third-order valence-corrected chi connectivity index (χ3v) is 1.54. The fourth-order valence-electron chi connectivity index (χ4n) is 0.871. The minimum atomic E-state index is -0.481. The minimum Gasteiger partial charge on any atom is -0.389 e. The Morgan fingerprint density at radius 1 is 1.42 bits per heavy atom. The van der Waals surface area contributed by atoms with Crippen LogP contribution >= 0.6 is 0 Å². The fourth-order valence-corrected chi connectivity index (χ4v) is 0.871. The van der Waals surface area contributed by atoms with E-state index in [9.17, 15) is 0 Å². The van der Waals surface area contributed by atoms with Gasteiger partial charge in [-0.25, -0.2) is 0 Å². The second-order valence-electron chi connectivity index (χ2n) is 2.46. The molecule has 4 heteroatoms. The molecule has 0 aliphatic rings. The van der Waals surface area contributed by atoms with Gasteiger partial charge in [-0.15, -0.1) is 0 Å². The lowest BCUT2D eigenvalue weighted by atomic mass is 10.1. The van der Waals surface area contributed by atoms with Gasteiger partial charge in [0.2, 0.25) is 0 Å². The normalized spacial score (nSPS) is 11.8. The molecule has 0 amide bonds. The summed E-state index contributed by atoms with van der Waals surface area (Å²) in [4.78, 5) is 2.64. The average Bonchev–Trinajstić information content (AvgIpc) is 2.06. The van der Waals surface area contributed by atoms with Gasteiger partial charge in [0.05, 0.1) is 6.10 Å². The SMILES string of the molecule is CC(O)c1ccc(N=[N+]=[N-])cc1. The van der Waals surface area contributed by atoms with Gasteiger partial charge in [-0.2, -0.15) is 0 Å². The van der Waals surface area contributed by atoms with Crippen LogP contribution in [0.3, 0.4) is 0 Å². The second-order valence-corrected chi connectivity index (χ2v) is 2.46. The van der Waals surface area contributed by atoms with Gasteiger partial charge in [-0.1, -0.05) is 29.4 Å². The summed E-state index contributed by atoms with van der Waals surface area (Å²) >= 11 is 0. The molecule has 0 saturated heterocycles. The monoisotopic (exact) mass is 163 g/mol. The van der Waals surface area contributed by atoms with Crippen molar-refractivity contribution in [2.75, 3.05) is 0 Å². The van der Waals surface area contributed by atoms with E-state index in [2.05, 4.69) is 10.0 Å². The molecule has 0 spiro atoms. The van der Waals surface area contributed by atoms with Gasteiger partial charge in [0, 0.05) is 10.6 Å². The summed E-state index contributed by atoms with van der Waals surface area (Å²) in [6.45, 7) is 1.68. The van der Waals surface area contributed by atoms with E-state index < -0.39 is 6.10 Å². The van der Waals surface area contributed by atoms with Crippen LogP contribution in [0.2, 0.25) is 0 Å². The van der Waals surface area contributed by atoms with Gasteiger partial charge in [-0.3, -0.25) is 0 Å². The summed E-state index contributed by atoms with van der Waals surface area (Å²) < 4.78 is 0. The van der Waals surface area contributed by atoms with Crippen LogP contribution in [0.25, 0.3) is 10.4 Å². The van der Waals surface area contributed by atoms with Crippen molar-refractivity contribution in [2.45, 2.75) is 13.0 Å². The molecule has 1 unspecified atom stereocenters. The molecular formula is C8H9N3O. The van der Waals surface area contributed by atoms with Gasteiger partial charge < -0.3 is 5.11 Å². The van der Waals surface area contributed by atoms with Gasteiger partial charge in [0.25, 0.3) is 0 Å². The molecule has 0 bridgehead atoms. The zero-order valence-corrected chi connectivity index (χ0v) is 6.68. The molecule has 0 aliphatic heterocycles. The number of nitrogens with zero attached hydrogens (tertiary/aromatic N) is 3. The van der Waals surface area contributed by atoms with Crippen LogP contribution in [0.4, 0.5) is 5.69 Å². The summed E-state index contributed by atoms with van der Waals surface area (Å²) in [7, 11) is 0. The van der Waals surface area contributed by atoms with Crippen molar-refractivity contribution in [3.05, 3.63) is 40.3 Å². The molecule has 1 aromatic rings. The molecule has 0 heterocycles. The lowest BCUT2D eigenvalue weighted by Crippen LogP contribution is -1.88. The van der Waals surface area contributed by atoms with Crippen molar-refractivity contribution in [2.24, 2.45) is 5.11 Å². The van der Waals surface area contributed by atoms with Gasteiger partial charge in [0.15, 0.2) is 0 Å². The summed E-state index contributed by atoms with van der Waals surface area (Å²) in [6, 6.07) is 6.80. The lowest BCUT2D eigenvalue weighted by Gasteiger charge is -2.02. The Hall–Kier alpha value is -1.51. The molecule has 0 aromatic heterocycles. The fraction of sp³-hybridized carbons (Fsp3) is 0.250. The first kappa shape index (κ1) is 8.59. The van der Waals surface area contributed by atoms with E-state index in [0.717, 1.165) is 5.56 Å². The summed E-state index contributed by atoms with van der Waals surface area (Å²) in [5, 5.41) is 12.5. The average molecular weight is 163 g/mol. The van der Waals surface area contributed by atoms with Crippen molar-refractivity contribution < 1.29 is 5.11 Å². The molecule has 12 heavy (non-hydrogen) atoms. The first-order chi connectivity index (χ1) is 5.74. The molecule has 1 aromatic carbocycles. The lowest BCUT2D eigenvalue weighted by molar-refractivity contribution is 0.199. The van der Waals surface area contributed by atoms with Crippen LogP contribution < -0.4 is 0 Å². The molecule has 0 aliphatic carbocycles. The van der Waals surface area contributed by atoms with E-state index in [-0.39, 0.29) is 0 Å². The summed E-state index contributed by atoms with van der Waals surface area (Å²) in [6.07, 6.45) is -0.481. The summed E-state index contributed by atoms with van der Waals surface area (Å²) in [5.41, 5.74) is 9.48. The zero-order chi connectivity index (χ0) is 8.97. The van der Waals surface area contributed by atoms with Crippen molar-refractivity contribution in [1.82, 2.24) is 0 Å². The highest BCUT2D eigenvalue weighted by Crippen LogP contribution is 2.17. The van der Waals surface area contributed by atoms with Crippen LogP contribution in [0.1, 0.15) is 18.6 Å². The van der Waals surface area contributed by atoms with E-state index in [4.69, 9.17) is 10.6 Å². The first-order valence-corrected chi connectivity index (χ1v) is 3.57. The quantitative estimate of drug-likeness (QED) is 0.406. The number of hydrogen-bond donors (Lipinski definition) is 1. The molecule has 1 rings (SSSR count). The standard InChI is InChI=1S/C8H9N3O/c1-6(12)7-2-4-8(5-3-7)10-11-9/h2-6,12H,1H3. The molecule has 0 fully saturated rings. The molecule has 1 N–H and O–H groups in total. The van der Waals surface area contributed by atoms with Crippen molar-refractivity contribution in [3.63, 3.8) is 0 Å². The predicted octanol–water partition coefficient (Wildman–Crippen LogP) is 2.68. The van der Waals surface area contributed by atoms with Crippen LogP contribution in [0, 0.1) is 0 Å². The van der Waals surface area contributed by atoms with Crippen molar-refractivity contribution in [1.29, 1.82) is 0 Å². The minimum absolute atomic E-state index is 0.481. The van der Waals surface area contributed by atoms with E-state index in [1.807, 2.05) is 0 Å². The number of benzene rings is 1. The number of hydrogen-bond acceptors (Lipinski definition) is 2. The highest BCUT2D eigenvalue weighted by molar-refractivity contribution is 5.38. The maximum atomic E-state index is 9.14. The Morgan fingerprint density at radius 2 is 2.00 bits per heavy atom. The predicted molar refractivity (Wildman–Crippen MR) is 45.9 cm³/mol. The number of rotatable bonds is 2. The number of azide groups is 1. The maximum absolute atomic E-state index is 9.14. The van der Waals surface area contributed by atoms with Crippen LogP contribution in [0.15, 0.2) is 29.4 Å². The molecule has 62 valence electrons. The van der Waals surface area contributed by atoms with Gasteiger partial charge >= 0.3 is 0 Å². The molecule has 0 radical (unpaired) electrons. The van der Waals surface area contributed by atoms with E-state index in [0.29, 0.717) is 5.69 Å². The van der Waals surface area contributed by atoms with Crippen molar-refractivity contribution in [3.8, 4) is 0 Å². The van der Waals surface area contributed by atoms with Crippen LogP contribution in [0.5, 0.6) is 0 Å². The van der Waals surface area contributed by atoms with Gasteiger partial charge in [-0.05, 0) is 18.0 Å². The smallest absolute Gasteiger partial charge is 0.0761 e. The maximum Gasteiger partial charge on any atom is 0.0761 e. The Kier molecular flexibility index (Phi) is 2.69. The molecular weight excluding hydrogens is 154 g/mol. The largest absolute Gasteiger partial charge is 0.389 e. The Morgan fingerprint density at radius 3 is 2.42 bits per heavy atom. The first-order valence-electron chi connectivity index (χ1n) is 3.57. The van der Waals surface area contributed by atoms with Crippen LogP contribution in [-0.2, 0) is 0 Å². The Balaban J connectivity index is 2.92. The Bertz CT molecular complexity index is 299. The highest BCUT2D eigenvalue weighted by atomic mass is 16.3. The number of aliphatic hydroxyl groups excluding tert-OH is 1. The van der Waals surface area contributed by atoms with Crippen LogP contribution in [-0.4, -0.2) is 5.11 Å². The van der Waals surface area contributed by atoms with E-state index in [1.54, 1.807) is 31.2 Å². The molecule has 0 saturated carbocycles. The topological polar surface area (TPSA) is 69.0 Å². The number of aliphatic hydroxyl groups is 1. The Labute approximate surface area is 70.1 Å². The second kappa shape index (κ2) is 3.76. The third kappa shape index (κ3) is 1.99. The van der Waals surface area contributed by atoms with Gasteiger partial charge in [0.1, 0.15) is 0 Å². The van der Waals surface area contributed by atoms with E-state index >= 15 is 0 Å². The highest BCUT2D eigenvalue weighted by Gasteiger charge is 1.98.